The molecule has 0 atom stereocenters. The number of carbonyl (C=O) groups is 1. The summed E-state index contributed by atoms with van der Waals surface area (Å²) in [5.74, 6) is -0.529. The van der Waals surface area contributed by atoms with Crippen molar-refractivity contribution >= 4 is 28.8 Å². The van der Waals surface area contributed by atoms with Crippen molar-refractivity contribution in [1.82, 2.24) is 4.98 Å². The van der Waals surface area contributed by atoms with E-state index in [1.165, 1.54) is 6.07 Å². The largest absolute Gasteiger partial charge is 0.417 e. The fourth-order valence-electron chi connectivity index (χ4n) is 1.08. The van der Waals surface area contributed by atoms with E-state index in [4.69, 9.17) is 4.42 Å². The molecule has 13 heavy (non-hydrogen) atoms. The molecular weight excluding hydrogens is 190 g/mol. The highest BCUT2D eigenvalue weighted by Crippen LogP contribution is 2.13. The molecule has 2 rings (SSSR count). The van der Waals surface area contributed by atoms with Crippen molar-refractivity contribution in [3.8, 4) is 0 Å². The van der Waals surface area contributed by atoms with Crippen LogP contribution in [0.15, 0.2) is 27.4 Å². The number of rotatable bonds is 1. The van der Waals surface area contributed by atoms with Crippen LogP contribution >= 0.6 is 12.6 Å². The number of aromatic amines is 1. The van der Waals surface area contributed by atoms with Crippen molar-refractivity contribution in [3.05, 3.63) is 34.3 Å². The van der Waals surface area contributed by atoms with Gasteiger partial charge in [-0.1, -0.05) is 0 Å². The van der Waals surface area contributed by atoms with Gasteiger partial charge in [-0.3, -0.25) is 9.78 Å². The van der Waals surface area contributed by atoms with E-state index < -0.39 is 5.76 Å². The topological polar surface area (TPSA) is 63.1 Å². The fourth-order valence-corrected chi connectivity index (χ4v) is 1.22. The maximum Gasteiger partial charge on any atom is 0.417 e. The van der Waals surface area contributed by atoms with E-state index in [0.717, 1.165) is 0 Å². The van der Waals surface area contributed by atoms with E-state index >= 15 is 0 Å². The zero-order valence-electron chi connectivity index (χ0n) is 6.40. The summed E-state index contributed by atoms with van der Waals surface area (Å²) in [4.78, 5) is 24.0. The van der Waals surface area contributed by atoms with Crippen molar-refractivity contribution in [2.75, 3.05) is 0 Å². The molecule has 5 heteroatoms. The molecule has 0 saturated carbocycles. The summed E-state index contributed by atoms with van der Waals surface area (Å²) in [5, 5.41) is -0.356. The third-order valence-corrected chi connectivity index (χ3v) is 1.93. The Morgan fingerprint density at radius 2 is 2.23 bits per heavy atom. The van der Waals surface area contributed by atoms with Crippen molar-refractivity contribution in [2.45, 2.75) is 0 Å². The Kier molecular flexibility index (Phi) is 1.73. The van der Waals surface area contributed by atoms with E-state index in [9.17, 15) is 9.59 Å². The molecule has 0 bridgehead atoms. The van der Waals surface area contributed by atoms with E-state index in [0.29, 0.717) is 16.7 Å². The number of thiol groups is 1. The van der Waals surface area contributed by atoms with Crippen LogP contribution in [0.2, 0.25) is 0 Å². The molecule has 4 nitrogen and oxygen atoms in total. The van der Waals surface area contributed by atoms with Crippen molar-refractivity contribution in [3.63, 3.8) is 0 Å². The van der Waals surface area contributed by atoms with Gasteiger partial charge < -0.3 is 4.42 Å². The molecule has 0 saturated heterocycles. The van der Waals surface area contributed by atoms with Crippen LogP contribution in [0.4, 0.5) is 0 Å². The molecule has 1 aromatic carbocycles. The number of carbonyl (C=O) groups excluding carboxylic acids is 1. The van der Waals surface area contributed by atoms with Gasteiger partial charge in [-0.15, -0.1) is 12.6 Å². The maximum absolute atomic E-state index is 10.8. The molecule has 66 valence electrons. The number of hydrogen-bond donors (Lipinski definition) is 2. The molecule has 1 N–H and O–H groups in total. The predicted octanol–water partition coefficient (Wildman–Crippen LogP) is 1.19. The van der Waals surface area contributed by atoms with E-state index in [2.05, 4.69) is 17.6 Å². The lowest BCUT2D eigenvalue weighted by Crippen LogP contribution is -1.92. The van der Waals surface area contributed by atoms with Gasteiger partial charge in [-0.2, -0.15) is 0 Å². The van der Waals surface area contributed by atoms with E-state index in [1.807, 2.05) is 0 Å². The standard InChI is InChI=1S/C8H5NO3S/c10-7(13)4-1-2-5-6(3-4)12-8(11)9-5/h1-3H,(H,9,11)(H,10,13). The lowest BCUT2D eigenvalue weighted by Gasteiger charge is -1.91. The Bertz CT molecular complexity index is 525. The van der Waals surface area contributed by atoms with Gasteiger partial charge in [0.25, 0.3) is 0 Å². The first-order valence-corrected chi connectivity index (χ1v) is 3.98. The van der Waals surface area contributed by atoms with Crippen LogP contribution in [0.1, 0.15) is 10.4 Å². The maximum atomic E-state index is 10.8. The third-order valence-electron chi connectivity index (χ3n) is 1.67. The van der Waals surface area contributed by atoms with Crippen LogP contribution in [0.5, 0.6) is 0 Å². The molecule has 0 radical (unpaired) electrons. The highest BCUT2D eigenvalue weighted by molar-refractivity contribution is 7.97. The minimum absolute atomic E-state index is 0.356. The van der Waals surface area contributed by atoms with Gasteiger partial charge in [0.05, 0.1) is 5.52 Å². The van der Waals surface area contributed by atoms with Crippen LogP contribution in [0.3, 0.4) is 0 Å². The number of hydrogen-bond acceptors (Lipinski definition) is 3. The van der Waals surface area contributed by atoms with Crippen molar-refractivity contribution < 1.29 is 9.21 Å². The van der Waals surface area contributed by atoms with Gasteiger partial charge in [0.2, 0.25) is 5.12 Å². The second-order valence-corrected chi connectivity index (χ2v) is 2.94. The molecule has 0 aliphatic rings. The van der Waals surface area contributed by atoms with Gasteiger partial charge in [0, 0.05) is 5.56 Å². The zero-order chi connectivity index (χ0) is 9.42. The molecule has 2 aromatic rings. The van der Waals surface area contributed by atoms with Gasteiger partial charge in [0.15, 0.2) is 5.58 Å². The molecule has 0 fully saturated rings. The molecule has 0 unspecified atom stereocenters. The fraction of sp³-hybridized carbons (Fsp3) is 0. The predicted molar refractivity (Wildman–Crippen MR) is 50.2 cm³/mol. The summed E-state index contributed by atoms with van der Waals surface area (Å²) >= 11 is 3.65. The average molecular weight is 195 g/mol. The first-order valence-electron chi connectivity index (χ1n) is 3.53. The monoisotopic (exact) mass is 195 g/mol. The van der Waals surface area contributed by atoms with Gasteiger partial charge in [0.1, 0.15) is 0 Å². The van der Waals surface area contributed by atoms with Gasteiger partial charge >= 0.3 is 5.76 Å². The molecule has 0 spiro atoms. The number of aromatic nitrogens is 1. The summed E-state index contributed by atoms with van der Waals surface area (Å²) in [7, 11) is 0. The summed E-state index contributed by atoms with van der Waals surface area (Å²) in [6.07, 6.45) is 0. The van der Waals surface area contributed by atoms with Crippen LogP contribution in [0, 0.1) is 0 Å². The van der Waals surface area contributed by atoms with Gasteiger partial charge in [-0.25, -0.2) is 4.79 Å². The molecular formula is C8H5NO3S. The Labute approximate surface area is 78.0 Å². The average Bonchev–Trinajstić information content (AvgIpc) is 2.42. The van der Waals surface area contributed by atoms with Crippen LogP contribution in [0.25, 0.3) is 11.1 Å². The second kappa shape index (κ2) is 2.77. The van der Waals surface area contributed by atoms with Crippen LogP contribution in [-0.2, 0) is 0 Å². The number of benzene rings is 1. The minimum atomic E-state index is -0.529. The first-order chi connectivity index (χ1) is 6.16. The Balaban J connectivity index is 2.74. The zero-order valence-corrected chi connectivity index (χ0v) is 7.30. The SMILES string of the molecule is O=C(S)c1ccc2[nH]c(=O)oc2c1. The highest BCUT2D eigenvalue weighted by atomic mass is 32.1. The summed E-state index contributed by atoms with van der Waals surface area (Å²) in [5.41, 5.74) is 1.34. The second-order valence-electron chi connectivity index (χ2n) is 2.53. The highest BCUT2D eigenvalue weighted by Gasteiger charge is 2.04. The smallest absolute Gasteiger partial charge is 0.408 e. The molecule has 1 heterocycles. The minimum Gasteiger partial charge on any atom is -0.408 e. The Hall–Kier alpha value is -1.49. The molecule has 0 amide bonds. The lowest BCUT2D eigenvalue weighted by atomic mass is 10.2. The van der Waals surface area contributed by atoms with Crippen molar-refractivity contribution in [2.24, 2.45) is 0 Å². The summed E-state index contributed by atoms with van der Waals surface area (Å²) < 4.78 is 4.76. The number of H-pyrrole nitrogens is 1. The van der Waals surface area contributed by atoms with Crippen LogP contribution < -0.4 is 5.76 Å². The quantitative estimate of drug-likeness (QED) is 0.672. The molecule has 1 aromatic heterocycles. The first kappa shape index (κ1) is 8.12. The molecule has 0 aliphatic carbocycles. The molecule has 0 aliphatic heterocycles. The summed E-state index contributed by atoms with van der Waals surface area (Å²) in [6, 6.07) is 4.65. The Morgan fingerprint density at radius 1 is 1.46 bits per heavy atom. The van der Waals surface area contributed by atoms with Crippen LogP contribution in [-0.4, -0.2) is 10.1 Å². The van der Waals surface area contributed by atoms with E-state index in [1.54, 1.807) is 12.1 Å². The normalized spacial score (nSPS) is 10.5. The van der Waals surface area contributed by atoms with Crippen molar-refractivity contribution in [1.29, 1.82) is 0 Å². The number of oxazole rings is 1. The number of fused-ring (bicyclic) bond motifs is 1. The van der Waals surface area contributed by atoms with E-state index in [-0.39, 0.29) is 5.12 Å². The Morgan fingerprint density at radius 3 is 2.92 bits per heavy atom. The summed E-state index contributed by atoms with van der Waals surface area (Å²) in [6.45, 7) is 0. The third kappa shape index (κ3) is 1.38. The number of nitrogens with one attached hydrogen (secondary N) is 1. The van der Waals surface area contributed by atoms with Gasteiger partial charge in [-0.05, 0) is 18.2 Å². The lowest BCUT2D eigenvalue weighted by molar-refractivity contribution is 0.109.